The molecule has 2 rings (SSSR count). The molecule has 0 saturated carbocycles. The molecule has 0 bridgehead atoms. The van der Waals surface area contributed by atoms with Crippen LogP contribution in [0, 0.1) is 6.92 Å². The van der Waals surface area contributed by atoms with Gasteiger partial charge in [0, 0.05) is 29.4 Å². The van der Waals surface area contributed by atoms with Crippen molar-refractivity contribution in [3.05, 3.63) is 53.9 Å². The van der Waals surface area contributed by atoms with Gasteiger partial charge in [-0.15, -0.1) is 0 Å². The number of ketones is 1. The number of benzene rings is 1. The maximum atomic E-state index is 11.6. The predicted molar refractivity (Wildman–Crippen MR) is 69.0 cm³/mol. The van der Waals surface area contributed by atoms with Gasteiger partial charge in [-0.3, -0.25) is 9.78 Å². The molecular weight excluding hydrogens is 210 g/mol. The van der Waals surface area contributed by atoms with E-state index < -0.39 is 0 Å². The smallest absolute Gasteiger partial charge is 0.162 e. The zero-order valence-electron chi connectivity index (χ0n) is 10.1. The summed E-state index contributed by atoms with van der Waals surface area (Å²) in [5.41, 5.74) is 3.85. The van der Waals surface area contributed by atoms with Crippen LogP contribution in [-0.2, 0) is 0 Å². The number of carbonyl (C=O) groups excluding carboxylic acids is 1. The van der Waals surface area contributed by atoms with Crippen molar-refractivity contribution in [2.75, 3.05) is 0 Å². The van der Waals surface area contributed by atoms with Crippen LogP contribution in [0.3, 0.4) is 0 Å². The van der Waals surface area contributed by atoms with Crippen molar-refractivity contribution < 1.29 is 4.79 Å². The molecule has 0 saturated heterocycles. The first-order valence-corrected chi connectivity index (χ1v) is 5.77. The monoisotopic (exact) mass is 225 g/mol. The molecular formula is C15H15NO. The van der Waals surface area contributed by atoms with Gasteiger partial charge in [0.05, 0.1) is 0 Å². The Hall–Kier alpha value is -1.96. The highest BCUT2D eigenvalue weighted by atomic mass is 16.1. The number of carbonyl (C=O) groups is 1. The maximum Gasteiger partial charge on any atom is 0.162 e. The molecule has 1 aromatic carbocycles. The third kappa shape index (κ3) is 2.59. The first kappa shape index (κ1) is 11.5. The maximum absolute atomic E-state index is 11.6. The number of nitrogens with zero attached hydrogens (tertiary/aromatic N) is 1. The highest BCUT2D eigenvalue weighted by Crippen LogP contribution is 2.20. The number of hydrogen-bond donors (Lipinski definition) is 0. The van der Waals surface area contributed by atoms with E-state index in [4.69, 9.17) is 0 Å². The van der Waals surface area contributed by atoms with E-state index in [1.165, 1.54) is 0 Å². The number of aryl methyl sites for hydroxylation is 1. The molecule has 1 aromatic heterocycles. The van der Waals surface area contributed by atoms with E-state index in [1.54, 1.807) is 0 Å². The number of hydrogen-bond acceptors (Lipinski definition) is 2. The van der Waals surface area contributed by atoms with Gasteiger partial charge in [0.15, 0.2) is 5.78 Å². The molecule has 2 heteroatoms. The largest absolute Gasteiger partial charge is 0.294 e. The molecule has 0 aliphatic heterocycles. The quantitative estimate of drug-likeness (QED) is 0.746. The van der Waals surface area contributed by atoms with Gasteiger partial charge in [0.1, 0.15) is 0 Å². The molecule has 0 atom stereocenters. The Balaban J connectivity index is 2.39. The van der Waals surface area contributed by atoms with E-state index in [2.05, 4.69) is 4.98 Å². The summed E-state index contributed by atoms with van der Waals surface area (Å²) in [4.78, 5) is 15.9. The van der Waals surface area contributed by atoms with Crippen molar-refractivity contribution in [3.8, 4) is 11.1 Å². The molecule has 0 amide bonds. The molecule has 0 spiro atoms. The molecule has 1 heterocycles. The van der Waals surface area contributed by atoms with Gasteiger partial charge in [-0.25, -0.2) is 0 Å². The Bertz CT molecular complexity index is 529. The van der Waals surface area contributed by atoms with Crippen LogP contribution in [0.1, 0.15) is 29.4 Å². The molecule has 0 fully saturated rings. The SMILES string of the molecule is CCC(=O)c1cccc(-c2ccc(C)nc2)c1. The number of rotatable bonds is 3. The van der Waals surface area contributed by atoms with Gasteiger partial charge in [-0.05, 0) is 24.6 Å². The normalized spacial score (nSPS) is 10.2. The highest BCUT2D eigenvalue weighted by molar-refractivity contribution is 5.96. The van der Waals surface area contributed by atoms with Gasteiger partial charge in [0.25, 0.3) is 0 Å². The lowest BCUT2D eigenvalue weighted by atomic mass is 10.0. The number of pyridine rings is 1. The Morgan fingerprint density at radius 2 is 2.00 bits per heavy atom. The van der Waals surface area contributed by atoms with Crippen LogP contribution in [0.2, 0.25) is 0 Å². The standard InChI is InChI=1S/C15H15NO/c1-3-15(17)13-6-4-5-12(9-13)14-8-7-11(2)16-10-14/h4-10H,3H2,1-2H3. The van der Waals surface area contributed by atoms with Crippen molar-refractivity contribution in [3.63, 3.8) is 0 Å². The molecule has 0 unspecified atom stereocenters. The Labute approximate surface area is 101 Å². The molecule has 0 radical (unpaired) electrons. The average molecular weight is 225 g/mol. The fourth-order valence-corrected chi connectivity index (χ4v) is 1.71. The second kappa shape index (κ2) is 4.91. The van der Waals surface area contributed by atoms with Gasteiger partial charge < -0.3 is 0 Å². The Kier molecular flexibility index (Phi) is 3.33. The molecule has 86 valence electrons. The molecule has 0 N–H and O–H groups in total. The molecule has 2 nitrogen and oxygen atoms in total. The van der Waals surface area contributed by atoms with E-state index in [0.29, 0.717) is 6.42 Å². The van der Waals surface area contributed by atoms with E-state index >= 15 is 0 Å². The van der Waals surface area contributed by atoms with E-state index in [1.807, 2.05) is 56.4 Å². The summed E-state index contributed by atoms with van der Waals surface area (Å²) in [6.45, 7) is 3.84. The molecule has 0 aliphatic carbocycles. The summed E-state index contributed by atoms with van der Waals surface area (Å²) in [6.07, 6.45) is 2.38. The van der Waals surface area contributed by atoms with Crippen LogP contribution in [0.4, 0.5) is 0 Å². The minimum absolute atomic E-state index is 0.173. The predicted octanol–water partition coefficient (Wildman–Crippen LogP) is 3.65. The van der Waals surface area contributed by atoms with Gasteiger partial charge >= 0.3 is 0 Å². The van der Waals surface area contributed by atoms with Gasteiger partial charge in [-0.1, -0.05) is 31.2 Å². The summed E-state index contributed by atoms with van der Waals surface area (Å²) < 4.78 is 0. The fraction of sp³-hybridized carbons (Fsp3) is 0.200. The van der Waals surface area contributed by atoms with Crippen LogP contribution in [0.15, 0.2) is 42.6 Å². The Morgan fingerprint density at radius 1 is 1.18 bits per heavy atom. The Morgan fingerprint density at radius 3 is 2.65 bits per heavy atom. The minimum Gasteiger partial charge on any atom is -0.294 e. The van der Waals surface area contributed by atoms with Crippen molar-refractivity contribution in [1.82, 2.24) is 4.98 Å². The van der Waals surface area contributed by atoms with Crippen LogP contribution in [0.25, 0.3) is 11.1 Å². The van der Waals surface area contributed by atoms with Crippen molar-refractivity contribution >= 4 is 5.78 Å². The second-order valence-corrected chi connectivity index (χ2v) is 4.05. The first-order chi connectivity index (χ1) is 8.20. The van der Waals surface area contributed by atoms with Crippen LogP contribution >= 0.6 is 0 Å². The van der Waals surface area contributed by atoms with Crippen LogP contribution < -0.4 is 0 Å². The summed E-state index contributed by atoms with van der Waals surface area (Å²) in [7, 11) is 0. The minimum atomic E-state index is 0.173. The summed E-state index contributed by atoms with van der Waals surface area (Å²) in [5.74, 6) is 0.173. The first-order valence-electron chi connectivity index (χ1n) is 5.77. The average Bonchev–Trinajstić information content (AvgIpc) is 2.39. The number of Topliss-reactive ketones (excluding diaryl/α,β-unsaturated/α-hetero) is 1. The lowest BCUT2D eigenvalue weighted by Crippen LogP contribution is -1.96. The summed E-state index contributed by atoms with van der Waals surface area (Å²) >= 11 is 0. The summed E-state index contributed by atoms with van der Waals surface area (Å²) in [5, 5.41) is 0. The third-order valence-corrected chi connectivity index (χ3v) is 2.75. The molecule has 17 heavy (non-hydrogen) atoms. The number of aromatic nitrogens is 1. The van der Waals surface area contributed by atoms with Gasteiger partial charge in [-0.2, -0.15) is 0 Å². The lowest BCUT2D eigenvalue weighted by molar-refractivity contribution is 0.0988. The van der Waals surface area contributed by atoms with E-state index in [9.17, 15) is 4.79 Å². The fourth-order valence-electron chi connectivity index (χ4n) is 1.71. The van der Waals surface area contributed by atoms with Crippen molar-refractivity contribution in [1.29, 1.82) is 0 Å². The zero-order chi connectivity index (χ0) is 12.3. The van der Waals surface area contributed by atoms with E-state index in [0.717, 1.165) is 22.4 Å². The topological polar surface area (TPSA) is 30.0 Å². The molecule has 2 aromatic rings. The van der Waals surface area contributed by atoms with E-state index in [-0.39, 0.29) is 5.78 Å². The summed E-state index contributed by atoms with van der Waals surface area (Å²) in [6, 6.07) is 11.7. The third-order valence-electron chi connectivity index (χ3n) is 2.75. The molecule has 0 aliphatic rings. The van der Waals surface area contributed by atoms with Crippen molar-refractivity contribution in [2.45, 2.75) is 20.3 Å². The zero-order valence-corrected chi connectivity index (χ0v) is 10.1. The van der Waals surface area contributed by atoms with Crippen molar-refractivity contribution in [2.24, 2.45) is 0 Å². The highest BCUT2D eigenvalue weighted by Gasteiger charge is 2.04. The second-order valence-electron chi connectivity index (χ2n) is 4.05. The lowest BCUT2D eigenvalue weighted by Gasteiger charge is -2.04. The van der Waals surface area contributed by atoms with Gasteiger partial charge in [0.2, 0.25) is 0 Å². The van der Waals surface area contributed by atoms with Crippen LogP contribution in [0.5, 0.6) is 0 Å². The van der Waals surface area contributed by atoms with Crippen LogP contribution in [-0.4, -0.2) is 10.8 Å².